The summed E-state index contributed by atoms with van der Waals surface area (Å²) in [5, 5.41) is 0. The average Bonchev–Trinajstić information content (AvgIpc) is 2.29. The van der Waals surface area contributed by atoms with Crippen molar-refractivity contribution in [2.24, 2.45) is 0 Å². The normalized spacial score (nSPS) is 21.3. The summed E-state index contributed by atoms with van der Waals surface area (Å²) < 4.78 is 11.4. The average molecular weight is 206 g/mol. The van der Waals surface area contributed by atoms with Crippen molar-refractivity contribution < 1.29 is 9.47 Å². The van der Waals surface area contributed by atoms with Crippen molar-refractivity contribution in [3.8, 4) is 5.75 Å². The smallest absolute Gasteiger partial charge is 0.122 e. The molecule has 2 heteroatoms. The highest BCUT2D eigenvalue weighted by Crippen LogP contribution is 2.19. The summed E-state index contributed by atoms with van der Waals surface area (Å²) in [5.74, 6) is 0.978. The van der Waals surface area contributed by atoms with E-state index in [-0.39, 0.29) is 0 Å². The first-order chi connectivity index (χ1) is 7.36. The Balaban J connectivity index is 1.84. The van der Waals surface area contributed by atoms with Crippen molar-refractivity contribution in [2.75, 3.05) is 13.2 Å². The summed E-state index contributed by atoms with van der Waals surface area (Å²) in [4.78, 5) is 0. The van der Waals surface area contributed by atoms with Crippen LogP contribution in [0.4, 0.5) is 0 Å². The van der Waals surface area contributed by atoms with Gasteiger partial charge in [0.2, 0.25) is 0 Å². The van der Waals surface area contributed by atoms with Crippen LogP contribution in [-0.2, 0) is 4.74 Å². The molecule has 1 aromatic rings. The molecule has 0 bridgehead atoms. The van der Waals surface area contributed by atoms with Crippen molar-refractivity contribution in [1.82, 2.24) is 0 Å². The van der Waals surface area contributed by atoms with Gasteiger partial charge in [-0.2, -0.15) is 0 Å². The van der Waals surface area contributed by atoms with Crippen LogP contribution < -0.4 is 4.74 Å². The minimum atomic E-state index is 0.290. The molecule has 0 saturated carbocycles. The molecule has 0 N–H and O–H groups in total. The molecular weight excluding hydrogens is 188 g/mol. The molecule has 1 aliphatic heterocycles. The molecule has 0 radical (unpaired) electrons. The minimum Gasteiger partial charge on any atom is -0.491 e. The molecule has 1 aromatic carbocycles. The number of benzene rings is 1. The van der Waals surface area contributed by atoms with Crippen LogP contribution in [0.2, 0.25) is 0 Å². The summed E-state index contributed by atoms with van der Waals surface area (Å²) in [6, 6.07) is 8.11. The molecule has 2 nitrogen and oxygen atoms in total. The minimum absolute atomic E-state index is 0.290. The Bertz CT molecular complexity index is 303. The fourth-order valence-corrected chi connectivity index (χ4v) is 1.84. The standard InChI is InChI=1S/C13H18O2/c1-11-6-2-3-8-13(11)15-10-12-7-4-5-9-14-12/h2-3,6,8,12H,4-5,7,9-10H2,1H3. The van der Waals surface area contributed by atoms with Crippen molar-refractivity contribution >= 4 is 0 Å². The first-order valence-electron chi connectivity index (χ1n) is 5.66. The second-order valence-electron chi connectivity index (χ2n) is 4.07. The van der Waals surface area contributed by atoms with Gasteiger partial charge in [-0.3, -0.25) is 0 Å². The molecule has 1 saturated heterocycles. The van der Waals surface area contributed by atoms with Gasteiger partial charge in [-0.25, -0.2) is 0 Å². The third kappa shape index (κ3) is 2.96. The lowest BCUT2D eigenvalue weighted by atomic mass is 10.1. The second kappa shape index (κ2) is 5.17. The summed E-state index contributed by atoms with van der Waals surface area (Å²) >= 11 is 0. The molecule has 82 valence electrons. The van der Waals surface area contributed by atoms with E-state index in [4.69, 9.17) is 9.47 Å². The van der Waals surface area contributed by atoms with Crippen LogP contribution in [0.15, 0.2) is 24.3 Å². The molecule has 1 unspecified atom stereocenters. The lowest BCUT2D eigenvalue weighted by Crippen LogP contribution is -2.25. The molecule has 0 amide bonds. The van der Waals surface area contributed by atoms with Gasteiger partial charge in [-0.05, 0) is 37.8 Å². The van der Waals surface area contributed by atoms with E-state index in [1.807, 2.05) is 18.2 Å². The lowest BCUT2D eigenvalue weighted by Gasteiger charge is -2.22. The summed E-state index contributed by atoms with van der Waals surface area (Å²) in [7, 11) is 0. The SMILES string of the molecule is Cc1ccccc1OCC1CCCCO1. The van der Waals surface area contributed by atoms with Gasteiger partial charge in [0, 0.05) is 6.61 Å². The molecule has 0 spiro atoms. The molecule has 0 aliphatic carbocycles. The molecule has 1 heterocycles. The second-order valence-corrected chi connectivity index (χ2v) is 4.07. The monoisotopic (exact) mass is 206 g/mol. The fraction of sp³-hybridized carbons (Fsp3) is 0.538. The van der Waals surface area contributed by atoms with Crippen LogP contribution >= 0.6 is 0 Å². The predicted octanol–water partition coefficient (Wildman–Crippen LogP) is 2.94. The first-order valence-corrected chi connectivity index (χ1v) is 5.66. The van der Waals surface area contributed by atoms with E-state index in [9.17, 15) is 0 Å². The zero-order chi connectivity index (χ0) is 10.5. The quantitative estimate of drug-likeness (QED) is 0.757. The van der Waals surface area contributed by atoms with Gasteiger partial charge >= 0.3 is 0 Å². The molecule has 0 aromatic heterocycles. The highest BCUT2D eigenvalue weighted by Gasteiger charge is 2.14. The number of ether oxygens (including phenoxy) is 2. The largest absolute Gasteiger partial charge is 0.491 e. The summed E-state index contributed by atoms with van der Waals surface area (Å²) in [6.07, 6.45) is 3.88. The molecular formula is C13H18O2. The van der Waals surface area contributed by atoms with E-state index in [0.29, 0.717) is 12.7 Å². The Labute approximate surface area is 91.2 Å². The fourth-order valence-electron chi connectivity index (χ4n) is 1.84. The van der Waals surface area contributed by atoms with Crippen molar-refractivity contribution in [3.05, 3.63) is 29.8 Å². The van der Waals surface area contributed by atoms with Gasteiger partial charge < -0.3 is 9.47 Å². The van der Waals surface area contributed by atoms with Crippen LogP contribution in [-0.4, -0.2) is 19.3 Å². The number of hydrogen-bond acceptors (Lipinski definition) is 2. The molecule has 1 fully saturated rings. The summed E-state index contributed by atoms with van der Waals surface area (Å²) in [6.45, 7) is 3.64. The van der Waals surface area contributed by atoms with Crippen molar-refractivity contribution in [2.45, 2.75) is 32.3 Å². The number of para-hydroxylation sites is 1. The Morgan fingerprint density at radius 1 is 1.33 bits per heavy atom. The van der Waals surface area contributed by atoms with E-state index < -0.39 is 0 Å². The molecule has 2 rings (SSSR count). The Kier molecular flexibility index (Phi) is 3.62. The van der Waals surface area contributed by atoms with Crippen molar-refractivity contribution in [3.63, 3.8) is 0 Å². The van der Waals surface area contributed by atoms with E-state index in [1.165, 1.54) is 18.4 Å². The van der Waals surface area contributed by atoms with Crippen LogP contribution in [0.25, 0.3) is 0 Å². The highest BCUT2D eigenvalue weighted by molar-refractivity contribution is 5.31. The van der Waals surface area contributed by atoms with E-state index in [1.54, 1.807) is 0 Å². The zero-order valence-electron chi connectivity index (χ0n) is 9.24. The van der Waals surface area contributed by atoms with Gasteiger partial charge in [0.05, 0.1) is 6.10 Å². The maximum absolute atomic E-state index is 5.75. The van der Waals surface area contributed by atoms with Crippen LogP contribution in [0, 0.1) is 6.92 Å². The maximum Gasteiger partial charge on any atom is 0.122 e. The Morgan fingerprint density at radius 2 is 2.20 bits per heavy atom. The third-order valence-corrected chi connectivity index (χ3v) is 2.79. The Morgan fingerprint density at radius 3 is 2.93 bits per heavy atom. The van der Waals surface area contributed by atoms with Crippen molar-refractivity contribution in [1.29, 1.82) is 0 Å². The number of hydrogen-bond donors (Lipinski definition) is 0. The molecule has 1 aliphatic rings. The first kappa shape index (κ1) is 10.5. The Hall–Kier alpha value is -1.02. The van der Waals surface area contributed by atoms with Gasteiger partial charge in [0.25, 0.3) is 0 Å². The highest BCUT2D eigenvalue weighted by atomic mass is 16.5. The lowest BCUT2D eigenvalue weighted by molar-refractivity contribution is -0.0111. The van der Waals surface area contributed by atoms with E-state index in [0.717, 1.165) is 18.8 Å². The van der Waals surface area contributed by atoms with Crippen LogP contribution in [0.5, 0.6) is 5.75 Å². The van der Waals surface area contributed by atoms with Gasteiger partial charge in [0.15, 0.2) is 0 Å². The predicted molar refractivity (Wildman–Crippen MR) is 60.3 cm³/mol. The van der Waals surface area contributed by atoms with E-state index in [2.05, 4.69) is 13.0 Å². The summed E-state index contributed by atoms with van der Waals surface area (Å²) in [5.41, 5.74) is 1.19. The third-order valence-electron chi connectivity index (χ3n) is 2.79. The van der Waals surface area contributed by atoms with E-state index >= 15 is 0 Å². The topological polar surface area (TPSA) is 18.5 Å². The van der Waals surface area contributed by atoms with Crippen LogP contribution in [0.3, 0.4) is 0 Å². The van der Waals surface area contributed by atoms with Gasteiger partial charge in [-0.15, -0.1) is 0 Å². The van der Waals surface area contributed by atoms with Gasteiger partial charge in [-0.1, -0.05) is 18.2 Å². The maximum atomic E-state index is 5.75. The van der Waals surface area contributed by atoms with Crippen LogP contribution in [0.1, 0.15) is 24.8 Å². The van der Waals surface area contributed by atoms with Gasteiger partial charge in [0.1, 0.15) is 12.4 Å². The number of aryl methyl sites for hydroxylation is 1. The molecule has 1 atom stereocenters. The molecule has 15 heavy (non-hydrogen) atoms. The number of rotatable bonds is 3. The zero-order valence-corrected chi connectivity index (χ0v) is 9.24.